The van der Waals surface area contributed by atoms with Gasteiger partial charge in [-0.2, -0.15) is 0 Å². The molecule has 0 aliphatic heterocycles. The van der Waals surface area contributed by atoms with Gasteiger partial charge in [0, 0.05) is 0 Å². The molecule has 1 aromatic carbocycles. The molecule has 0 N–H and O–H groups in total. The molecule has 1 saturated carbocycles. The van der Waals surface area contributed by atoms with Crippen LogP contribution < -0.4 is 0 Å². The van der Waals surface area contributed by atoms with E-state index in [9.17, 15) is 4.79 Å². The van der Waals surface area contributed by atoms with Gasteiger partial charge in [0.2, 0.25) is 0 Å². The van der Waals surface area contributed by atoms with Crippen molar-refractivity contribution in [3.05, 3.63) is 35.9 Å². The lowest BCUT2D eigenvalue weighted by Gasteiger charge is -2.32. The van der Waals surface area contributed by atoms with Crippen molar-refractivity contribution < 1.29 is 14.3 Å². The van der Waals surface area contributed by atoms with Crippen LogP contribution in [0.4, 0.5) is 0 Å². The van der Waals surface area contributed by atoms with Gasteiger partial charge in [-0.1, -0.05) is 62.9 Å². The third-order valence-corrected chi connectivity index (χ3v) is 5.07. The van der Waals surface area contributed by atoms with E-state index in [4.69, 9.17) is 9.47 Å². The summed E-state index contributed by atoms with van der Waals surface area (Å²) in [7, 11) is 1.50. The first-order valence-corrected chi connectivity index (χ1v) is 8.97. The average Bonchev–Trinajstić information content (AvgIpc) is 3.01. The Hall–Kier alpha value is -1.35. The number of carbonyl (C=O) groups excluding carboxylic acids is 1. The van der Waals surface area contributed by atoms with Crippen LogP contribution >= 0.6 is 0 Å². The van der Waals surface area contributed by atoms with E-state index < -0.39 is 5.41 Å². The Kier molecular flexibility index (Phi) is 7.10. The van der Waals surface area contributed by atoms with E-state index >= 15 is 0 Å². The fourth-order valence-electron chi connectivity index (χ4n) is 3.75. The summed E-state index contributed by atoms with van der Waals surface area (Å²) >= 11 is 0. The molecule has 2 atom stereocenters. The van der Waals surface area contributed by atoms with Crippen LogP contribution in [0.5, 0.6) is 0 Å². The number of benzene rings is 1. The van der Waals surface area contributed by atoms with E-state index in [2.05, 4.69) is 19.1 Å². The molecule has 1 fully saturated rings. The molecule has 0 bridgehead atoms. The lowest BCUT2D eigenvalue weighted by atomic mass is 9.79. The molecule has 0 heterocycles. The van der Waals surface area contributed by atoms with Crippen LogP contribution in [-0.2, 0) is 20.9 Å². The lowest BCUT2D eigenvalue weighted by Crippen LogP contribution is -2.40. The molecule has 1 aliphatic carbocycles. The van der Waals surface area contributed by atoms with Gasteiger partial charge >= 0.3 is 5.97 Å². The van der Waals surface area contributed by atoms with Gasteiger partial charge in [0.1, 0.15) is 0 Å². The van der Waals surface area contributed by atoms with E-state index in [-0.39, 0.29) is 12.1 Å². The molecular weight excluding hydrogens is 288 g/mol. The zero-order valence-electron chi connectivity index (χ0n) is 14.6. The Labute approximate surface area is 140 Å². The SMILES string of the molecule is CCCCCCC1(C(=O)OC)CCCC1OCc1ccccc1. The van der Waals surface area contributed by atoms with Crippen LogP contribution in [0.1, 0.15) is 63.9 Å². The number of methoxy groups -OCH3 is 1. The molecule has 1 aromatic rings. The molecule has 0 aromatic heterocycles. The molecule has 2 unspecified atom stereocenters. The highest BCUT2D eigenvalue weighted by Crippen LogP contribution is 2.45. The van der Waals surface area contributed by atoms with Crippen molar-refractivity contribution >= 4 is 5.97 Å². The number of hydrogen-bond donors (Lipinski definition) is 0. The second kappa shape index (κ2) is 9.07. The summed E-state index contributed by atoms with van der Waals surface area (Å²) in [6, 6.07) is 10.2. The average molecular weight is 318 g/mol. The highest BCUT2D eigenvalue weighted by atomic mass is 16.5. The monoisotopic (exact) mass is 318 g/mol. The number of hydrogen-bond acceptors (Lipinski definition) is 3. The molecule has 1 aliphatic rings. The molecule has 3 nitrogen and oxygen atoms in total. The van der Waals surface area contributed by atoms with Crippen LogP contribution in [0.3, 0.4) is 0 Å². The smallest absolute Gasteiger partial charge is 0.314 e. The van der Waals surface area contributed by atoms with Crippen LogP contribution in [-0.4, -0.2) is 19.2 Å². The van der Waals surface area contributed by atoms with E-state index in [1.807, 2.05) is 18.2 Å². The molecule has 0 radical (unpaired) electrons. The minimum Gasteiger partial charge on any atom is -0.469 e. The Morgan fingerprint density at radius 3 is 2.70 bits per heavy atom. The number of esters is 1. The third kappa shape index (κ3) is 4.57. The second-order valence-corrected chi connectivity index (χ2v) is 6.64. The summed E-state index contributed by atoms with van der Waals surface area (Å²) in [6.45, 7) is 2.77. The third-order valence-electron chi connectivity index (χ3n) is 5.07. The summed E-state index contributed by atoms with van der Waals surface area (Å²) in [4.78, 5) is 12.5. The lowest BCUT2D eigenvalue weighted by molar-refractivity contribution is -0.163. The summed E-state index contributed by atoms with van der Waals surface area (Å²) in [5.41, 5.74) is 0.723. The number of unbranched alkanes of at least 4 members (excludes halogenated alkanes) is 3. The summed E-state index contributed by atoms with van der Waals surface area (Å²) in [6.07, 6.45) is 8.46. The van der Waals surface area contributed by atoms with Crippen molar-refractivity contribution in [1.82, 2.24) is 0 Å². The van der Waals surface area contributed by atoms with Gasteiger partial charge in [-0.05, 0) is 31.2 Å². The Morgan fingerprint density at radius 2 is 2.00 bits per heavy atom. The highest BCUT2D eigenvalue weighted by Gasteiger charge is 2.50. The topological polar surface area (TPSA) is 35.5 Å². The number of rotatable bonds is 9. The van der Waals surface area contributed by atoms with Gasteiger partial charge in [-0.15, -0.1) is 0 Å². The Bertz CT molecular complexity index is 471. The first-order chi connectivity index (χ1) is 11.2. The summed E-state index contributed by atoms with van der Waals surface area (Å²) < 4.78 is 11.3. The maximum absolute atomic E-state index is 12.5. The largest absolute Gasteiger partial charge is 0.469 e. The van der Waals surface area contributed by atoms with E-state index in [1.54, 1.807) is 0 Å². The van der Waals surface area contributed by atoms with Gasteiger partial charge in [-0.3, -0.25) is 4.79 Å². The minimum absolute atomic E-state index is 0.0169. The molecule has 0 spiro atoms. The van der Waals surface area contributed by atoms with E-state index in [1.165, 1.54) is 26.4 Å². The van der Waals surface area contributed by atoms with Crippen molar-refractivity contribution in [3.8, 4) is 0 Å². The maximum Gasteiger partial charge on any atom is 0.314 e. The number of carbonyl (C=O) groups is 1. The van der Waals surface area contributed by atoms with Crippen LogP contribution in [0, 0.1) is 5.41 Å². The predicted molar refractivity (Wildman–Crippen MR) is 92.1 cm³/mol. The second-order valence-electron chi connectivity index (χ2n) is 6.64. The summed E-state index contributed by atoms with van der Waals surface area (Å²) in [5, 5.41) is 0. The quantitative estimate of drug-likeness (QED) is 0.480. The molecular formula is C20H30O3. The van der Waals surface area contributed by atoms with Crippen molar-refractivity contribution in [1.29, 1.82) is 0 Å². The first kappa shape index (κ1) is 18.0. The van der Waals surface area contributed by atoms with Crippen LogP contribution in [0.25, 0.3) is 0 Å². The fraction of sp³-hybridized carbons (Fsp3) is 0.650. The Balaban J connectivity index is 2.00. The molecule has 128 valence electrons. The number of ether oxygens (including phenoxy) is 2. The molecule has 2 rings (SSSR count). The maximum atomic E-state index is 12.5. The van der Waals surface area contributed by atoms with Gasteiger partial charge < -0.3 is 9.47 Å². The molecule has 23 heavy (non-hydrogen) atoms. The predicted octanol–water partition coefficient (Wildman–Crippen LogP) is 4.89. The van der Waals surface area contributed by atoms with Gasteiger partial charge in [-0.25, -0.2) is 0 Å². The minimum atomic E-state index is -0.433. The van der Waals surface area contributed by atoms with Gasteiger partial charge in [0.15, 0.2) is 0 Å². The van der Waals surface area contributed by atoms with Gasteiger partial charge in [0.25, 0.3) is 0 Å². The normalized spacial score (nSPS) is 23.8. The van der Waals surface area contributed by atoms with Crippen LogP contribution in [0.2, 0.25) is 0 Å². The van der Waals surface area contributed by atoms with Crippen molar-refractivity contribution in [3.63, 3.8) is 0 Å². The molecule has 3 heteroatoms. The van der Waals surface area contributed by atoms with E-state index in [0.717, 1.165) is 37.7 Å². The first-order valence-electron chi connectivity index (χ1n) is 8.97. The zero-order chi connectivity index (χ0) is 16.5. The van der Waals surface area contributed by atoms with Crippen molar-refractivity contribution in [2.75, 3.05) is 7.11 Å². The molecule has 0 amide bonds. The standard InChI is InChI=1S/C20H30O3/c1-3-4-5-9-14-20(19(21)22-2)15-10-13-18(20)23-16-17-11-7-6-8-12-17/h6-8,11-12,18H,3-5,9-10,13-16H2,1-2H3. The molecule has 0 saturated heterocycles. The zero-order valence-corrected chi connectivity index (χ0v) is 14.6. The van der Waals surface area contributed by atoms with Gasteiger partial charge in [0.05, 0.1) is 25.2 Å². The fourth-order valence-corrected chi connectivity index (χ4v) is 3.75. The van der Waals surface area contributed by atoms with Crippen molar-refractivity contribution in [2.45, 2.75) is 71.0 Å². The highest BCUT2D eigenvalue weighted by molar-refractivity contribution is 5.78. The van der Waals surface area contributed by atoms with Crippen molar-refractivity contribution in [2.24, 2.45) is 5.41 Å². The summed E-state index contributed by atoms with van der Waals surface area (Å²) in [5.74, 6) is -0.0791. The van der Waals surface area contributed by atoms with Crippen LogP contribution in [0.15, 0.2) is 30.3 Å². The van der Waals surface area contributed by atoms with E-state index in [0.29, 0.717) is 6.61 Å². The Morgan fingerprint density at radius 1 is 1.22 bits per heavy atom.